The third-order valence-electron chi connectivity index (χ3n) is 4.42. The first kappa shape index (κ1) is 12.8. The Kier molecular flexibility index (Phi) is 3.73. The molecule has 0 bridgehead atoms. The van der Waals surface area contributed by atoms with Gasteiger partial charge >= 0.3 is 0 Å². The average Bonchev–Trinajstić information content (AvgIpc) is 2.67. The molecule has 1 saturated heterocycles. The molecule has 1 amide bonds. The molecule has 0 aromatic rings. The highest BCUT2D eigenvalue weighted by Gasteiger charge is 2.49. The zero-order valence-corrected chi connectivity index (χ0v) is 10.9. The lowest BCUT2D eigenvalue weighted by Gasteiger charge is -2.37. The number of fused-ring (bicyclic) bond motifs is 1. The van der Waals surface area contributed by atoms with Crippen LogP contribution in [0.15, 0.2) is 0 Å². The van der Waals surface area contributed by atoms with Crippen LogP contribution in [-0.4, -0.2) is 43.7 Å². The Morgan fingerprint density at radius 3 is 3.00 bits per heavy atom. The molecule has 4 nitrogen and oxygen atoms in total. The number of carbonyl (C=O) groups excluding carboxylic acids is 1. The third kappa shape index (κ3) is 2.33. The molecule has 1 aliphatic carbocycles. The van der Waals surface area contributed by atoms with Crippen molar-refractivity contribution < 1.29 is 9.53 Å². The highest BCUT2D eigenvalue weighted by molar-refractivity contribution is 5.81. The fraction of sp³-hybridized carbons (Fsp3) is 0.923. The largest absolute Gasteiger partial charge is 0.384 e. The van der Waals surface area contributed by atoms with Crippen LogP contribution < -0.4 is 5.73 Å². The summed E-state index contributed by atoms with van der Waals surface area (Å²) in [5.74, 6) is 0.703. The Hall–Kier alpha value is -0.610. The number of carbonyl (C=O) groups is 1. The summed E-state index contributed by atoms with van der Waals surface area (Å²) in [4.78, 5) is 14.0. The molecule has 2 rings (SSSR count). The van der Waals surface area contributed by atoms with Gasteiger partial charge in [-0.2, -0.15) is 0 Å². The van der Waals surface area contributed by atoms with E-state index in [1.165, 1.54) is 25.7 Å². The van der Waals surface area contributed by atoms with Crippen LogP contribution in [0.5, 0.6) is 0 Å². The normalized spacial score (nSPS) is 34.5. The lowest BCUT2D eigenvalue weighted by Crippen LogP contribution is -2.42. The van der Waals surface area contributed by atoms with Gasteiger partial charge in [-0.05, 0) is 25.7 Å². The molecule has 2 N–H and O–H groups in total. The van der Waals surface area contributed by atoms with Crippen molar-refractivity contribution in [2.45, 2.75) is 38.6 Å². The highest BCUT2D eigenvalue weighted by atomic mass is 16.5. The molecular formula is C13H24N2O2. The number of methoxy groups -OCH3 is 1. The van der Waals surface area contributed by atoms with Crippen LogP contribution in [0.1, 0.15) is 32.6 Å². The number of hydrogen-bond acceptors (Lipinski definition) is 3. The van der Waals surface area contributed by atoms with Gasteiger partial charge in [0, 0.05) is 25.6 Å². The van der Waals surface area contributed by atoms with E-state index in [9.17, 15) is 4.79 Å². The van der Waals surface area contributed by atoms with E-state index in [1.807, 2.05) is 4.90 Å². The van der Waals surface area contributed by atoms with Crippen molar-refractivity contribution >= 4 is 5.91 Å². The smallest absolute Gasteiger partial charge is 0.239 e. The van der Waals surface area contributed by atoms with Crippen LogP contribution >= 0.6 is 0 Å². The van der Waals surface area contributed by atoms with Gasteiger partial charge in [-0.1, -0.05) is 12.8 Å². The predicted octanol–water partition coefficient (Wildman–Crippen LogP) is 0.999. The summed E-state index contributed by atoms with van der Waals surface area (Å²) in [7, 11) is 1.76. The molecule has 2 aliphatic rings. The quantitative estimate of drug-likeness (QED) is 0.800. The molecule has 3 atom stereocenters. The molecule has 0 unspecified atom stereocenters. The van der Waals surface area contributed by atoms with E-state index in [0.29, 0.717) is 5.92 Å². The van der Waals surface area contributed by atoms with Gasteiger partial charge < -0.3 is 15.4 Å². The van der Waals surface area contributed by atoms with Crippen molar-refractivity contribution in [1.82, 2.24) is 4.90 Å². The van der Waals surface area contributed by atoms with E-state index >= 15 is 0 Å². The summed E-state index contributed by atoms with van der Waals surface area (Å²) in [5, 5.41) is 0. The summed E-state index contributed by atoms with van der Waals surface area (Å²) in [6.45, 7) is 4.27. The number of amides is 1. The first-order valence-electron chi connectivity index (χ1n) is 6.62. The third-order valence-corrected chi connectivity index (χ3v) is 4.42. The van der Waals surface area contributed by atoms with Gasteiger partial charge in [-0.25, -0.2) is 0 Å². The second kappa shape index (κ2) is 4.94. The number of rotatable bonds is 3. The maximum Gasteiger partial charge on any atom is 0.239 e. The fourth-order valence-corrected chi connectivity index (χ4v) is 3.56. The molecule has 98 valence electrons. The molecule has 0 aromatic heterocycles. The summed E-state index contributed by atoms with van der Waals surface area (Å²) < 4.78 is 5.41. The molecule has 1 saturated carbocycles. The van der Waals surface area contributed by atoms with Crippen LogP contribution in [0.4, 0.5) is 0 Å². The molecule has 1 heterocycles. The van der Waals surface area contributed by atoms with Crippen LogP contribution in [0.25, 0.3) is 0 Å². The van der Waals surface area contributed by atoms with E-state index < -0.39 is 0 Å². The Morgan fingerprint density at radius 2 is 2.35 bits per heavy atom. The second-order valence-corrected chi connectivity index (χ2v) is 5.75. The minimum Gasteiger partial charge on any atom is -0.384 e. The SMILES string of the molecule is COC[C@]12CCCC[C@@H]1CN(C(=O)[C@H](C)N)C2. The second-order valence-electron chi connectivity index (χ2n) is 5.75. The van der Waals surface area contributed by atoms with E-state index in [-0.39, 0.29) is 17.4 Å². The number of nitrogens with two attached hydrogens (primary N) is 1. The Labute approximate surface area is 103 Å². The maximum absolute atomic E-state index is 12.0. The van der Waals surface area contributed by atoms with Gasteiger partial charge in [-0.3, -0.25) is 4.79 Å². The molecule has 0 aromatic carbocycles. The molecule has 0 radical (unpaired) electrons. The summed E-state index contributed by atoms with van der Waals surface area (Å²) in [6.07, 6.45) is 4.97. The lowest BCUT2D eigenvalue weighted by molar-refractivity contribution is -0.131. The van der Waals surface area contributed by atoms with Gasteiger partial charge in [0.15, 0.2) is 0 Å². The Bertz CT molecular complexity index is 289. The molecule has 0 spiro atoms. The number of nitrogens with zero attached hydrogens (tertiary/aromatic N) is 1. The standard InChI is InChI=1S/C13H24N2O2/c1-10(14)12(16)15-7-11-5-3-4-6-13(11,8-15)9-17-2/h10-11H,3-9,14H2,1-2H3/t10-,11+,13+/m0/s1. The molecule has 1 aliphatic heterocycles. The van der Waals surface area contributed by atoms with Crippen LogP contribution in [0.2, 0.25) is 0 Å². The van der Waals surface area contributed by atoms with Crippen LogP contribution in [0.3, 0.4) is 0 Å². The van der Waals surface area contributed by atoms with Crippen molar-refractivity contribution in [2.75, 3.05) is 26.8 Å². The van der Waals surface area contributed by atoms with Crippen LogP contribution in [0, 0.1) is 11.3 Å². The van der Waals surface area contributed by atoms with Crippen molar-refractivity contribution in [1.29, 1.82) is 0 Å². The molecule has 4 heteroatoms. The van der Waals surface area contributed by atoms with Crippen molar-refractivity contribution in [3.05, 3.63) is 0 Å². The van der Waals surface area contributed by atoms with E-state index in [2.05, 4.69) is 0 Å². The topological polar surface area (TPSA) is 55.6 Å². The van der Waals surface area contributed by atoms with E-state index in [0.717, 1.165) is 19.7 Å². The first-order chi connectivity index (χ1) is 8.09. The number of hydrogen-bond donors (Lipinski definition) is 1. The average molecular weight is 240 g/mol. The van der Waals surface area contributed by atoms with Gasteiger partial charge in [0.25, 0.3) is 0 Å². The highest BCUT2D eigenvalue weighted by Crippen LogP contribution is 2.46. The molecular weight excluding hydrogens is 216 g/mol. The van der Waals surface area contributed by atoms with Gasteiger partial charge in [0.05, 0.1) is 12.6 Å². The van der Waals surface area contributed by atoms with Crippen LogP contribution in [-0.2, 0) is 9.53 Å². The summed E-state index contributed by atoms with van der Waals surface area (Å²) >= 11 is 0. The Morgan fingerprint density at radius 1 is 1.59 bits per heavy atom. The van der Waals surface area contributed by atoms with Gasteiger partial charge in [0.1, 0.15) is 0 Å². The lowest BCUT2D eigenvalue weighted by atomic mass is 9.69. The minimum absolute atomic E-state index is 0.0925. The monoisotopic (exact) mass is 240 g/mol. The van der Waals surface area contributed by atoms with Gasteiger partial charge in [0.2, 0.25) is 5.91 Å². The zero-order valence-electron chi connectivity index (χ0n) is 10.9. The van der Waals surface area contributed by atoms with Crippen molar-refractivity contribution in [2.24, 2.45) is 17.1 Å². The molecule has 2 fully saturated rings. The number of ether oxygens (including phenoxy) is 1. The first-order valence-corrected chi connectivity index (χ1v) is 6.62. The van der Waals surface area contributed by atoms with Gasteiger partial charge in [-0.15, -0.1) is 0 Å². The van der Waals surface area contributed by atoms with Crippen molar-refractivity contribution in [3.63, 3.8) is 0 Å². The van der Waals surface area contributed by atoms with Crippen molar-refractivity contribution in [3.8, 4) is 0 Å². The molecule has 17 heavy (non-hydrogen) atoms. The Balaban J connectivity index is 2.10. The maximum atomic E-state index is 12.0. The predicted molar refractivity (Wildman–Crippen MR) is 66.5 cm³/mol. The summed E-state index contributed by atoms with van der Waals surface area (Å²) in [6, 6.07) is -0.380. The minimum atomic E-state index is -0.380. The van der Waals surface area contributed by atoms with E-state index in [1.54, 1.807) is 14.0 Å². The summed E-state index contributed by atoms with van der Waals surface area (Å²) in [5.41, 5.74) is 5.91. The number of likely N-dealkylation sites (tertiary alicyclic amines) is 1. The van der Waals surface area contributed by atoms with E-state index in [4.69, 9.17) is 10.5 Å². The zero-order chi connectivity index (χ0) is 12.5. The fourth-order valence-electron chi connectivity index (χ4n) is 3.56.